The number of hydrogen-bond donors (Lipinski definition) is 1. The lowest BCUT2D eigenvalue weighted by molar-refractivity contribution is 0.361. The molecule has 0 radical (unpaired) electrons. The first-order chi connectivity index (χ1) is 8.60. The van der Waals surface area contributed by atoms with Crippen molar-refractivity contribution in [2.45, 2.75) is 46.1 Å². The van der Waals surface area contributed by atoms with Crippen LogP contribution in [0, 0.1) is 11.7 Å². The second kappa shape index (κ2) is 7.75. The first kappa shape index (κ1) is 15.5. The topological polar surface area (TPSA) is 12.0 Å². The molecular formula is C15H23ClFN. The SMILES string of the molecule is CCCNC(CC)C(C)Cc1cccc(Cl)c1F. The summed E-state index contributed by atoms with van der Waals surface area (Å²) in [6, 6.07) is 5.67. The third-order valence-electron chi connectivity index (χ3n) is 3.36. The van der Waals surface area contributed by atoms with Crippen molar-refractivity contribution in [1.29, 1.82) is 0 Å². The summed E-state index contributed by atoms with van der Waals surface area (Å²) >= 11 is 5.80. The van der Waals surface area contributed by atoms with Gasteiger partial charge in [0.05, 0.1) is 5.02 Å². The maximum Gasteiger partial charge on any atom is 0.144 e. The molecule has 2 atom stereocenters. The van der Waals surface area contributed by atoms with Gasteiger partial charge in [-0.15, -0.1) is 0 Å². The Kier molecular flexibility index (Phi) is 6.66. The molecule has 1 N–H and O–H groups in total. The Bertz CT molecular complexity index is 368. The molecule has 0 saturated heterocycles. The van der Waals surface area contributed by atoms with Gasteiger partial charge in [-0.3, -0.25) is 0 Å². The highest BCUT2D eigenvalue weighted by Gasteiger charge is 2.17. The van der Waals surface area contributed by atoms with Crippen LogP contribution in [-0.2, 0) is 6.42 Å². The molecule has 0 aliphatic carbocycles. The van der Waals surface area contributed by atoms with E-state index < -0.39 is 0 Å². The van der Waals surface area contributed by atoms with Crippen molar-refractivity contribution >= 4 is 11.6 Å². The summed E-state index contributed by atoms with van der Waals surface area (Å²) in [4.78, 5) is 0. The van der Waals surface area contributed by atoms with E-state index in [1.54, 1.807) is 6.07 Å². The number of hydrogen-bond acceptors (Lipinski definition) is 1. The molecule has 0 heterocycles. The minimum atomic E-state index is -0.267. The van der Waals surface area contributed by atoms with Crippen molar-refractivity contribution in [2.75, 3.05) is 6.54 Å². The Morgan fingerprint density at radius 1 is 1.33 bits per heavy atom. The first-order valence-electron chi connectivity index (χ1n) is 6.76. The second-order valence-corrected chi connectivity index (χ2v) is 5.27. The van der Waals surface area contributed by atoms with E-state index in [1.165, 1.54) is 0 Å². The predicted octanol–water partition coefficient (Wildman–Crippen LogP) is 4.44. The summed E-state index contributed by atoms with van der Waals surface area (Å²) < 4.78 is 13.8. The fourth-order valence-electron chi connectivity index (χ4n) is 2.27. The van der Waals surface area contributed by atoms with Crippen LogP contribution < -0.4 is 5.32 Å². The monoisotopic (exact) mass is 271 g/mol. The molecule has 0 aliphatic rings. The Morgan fingerprint density at radius 3 is 2.67 bits per heavy atom. The quantitative estimate of drug-likeness (QED) is 0.773. The number of halogens is 2. The average molecular weight is 272 g/mol. The predicted molar refractivity (Wildman–Crippen MR) is 76.7 cm³/mol. The van der Waals surface area contributed by atoms with Gasteiger partial charge in [0.1, 0.15) is 5.82 Å². The van der Waals surface area contributed by atoms with Gasteiger partial charge in [-0.1, -0.05) is 44.5 Å². The molecule has 0 aromatic heterocycles. The van der Waals surface area contributed by atoms with E-state index in [0.29, 0.717) is 17.5 Å². The van der Waals surface area contributed by atoms with Gasteiger partial charge >= 0.3 is 0 Å². The molecule has 0 fully saturated rings. The first-order valence-corrected chi connectivity index (χ1v) is 7.14. The largest absolute Gasteiger partial charge is 0.314 e. The van der Waals surface area contributed by atoms with Crippen LogP contribution in [0.2, 0.25) is 5.02 Å². The molecule has 1 rings (SSSR count). The Balaban J connectivity index is 2.67. The van der Waals surface area contributed by atoms with E-state index in [2.05, 4.69) is 26.1 Å². The van der Waals surface area contributed by atoms with E-state index in [4.69, 9.17) is 11.6 Å². The highest BCUT2D eigenvalue weighted by Crippen LogP contribution is 2.22. The lowest BCUT2D eigenvalue weighted by atomic mass is 9.92. The van der Waals surface area contributed by atoms with Crippen molar-refractivity contribution in [1.82, 2.24) is 5.32 Å². The van der Waals surface area contributed by atoms with Crippen molar-refractivity contribution in [3.05, 3.63) is 34.6 Å². The number of rotatable bonds is 7. The molecule has 3 heteroatoms. The molecule has 1 nitrogen and oxygen atoms in total. The minimum Gasteiger partial charge on any atom is -0.314 e. The molecule has 2 unspecified atom stereocenters. The minimum absolute atomic E-state index is 0.217. The third kappa shape index (κ3) is 4.25. The molecular weight excluding hydrogens is 249 g/mol. The van der Waals surface area contributed by atoms with Crippen LogP contribution >= 0.6 is 11.6 Å². The van der Waals surface area contributed by atoms with Crippen molar-refractivity contribution in [2.24, 2.45) is 5.92 Å². The molecule has 0 saturated carbocycles. The van der Waals surface area contributed by atoms with Crippen LogP contribution in [0.3, 0.4) is 0 Å². The van der Waals surface area contributed by atoms with E-state index >= 15 is 0 Å². The molecule has 0 aliphatic heterocycles. The summed E-state index contributed by atoms with van der Waals surface area (Å²) in [6.45, 7) is 7.50. The van der Waals surface area contributed by atoms with Gasteiger partial charge in [-0.05, 0) is 43.4 Å². The normalized spacial score (nSPS) is 14.5. The molecule has 1 aromatic rings. The van der Waals surface area contributed by atoms with Gasteiger partial charge < -0.3 is 5.32 Å². The van der Waals surface area contributed by atoms with Crippen LogP contribution in [-0.4, -0.2) is 12.6 Å². The van der Waals surface area contributed by atoms with E-state index in [0.717, 1.165) is 25.8 Å². The smallest absolute Gasteiger partial charge is 0.144 e. The lowest BCUT2D eigenvalue weighted by Gasteiger charge is -2.24. The molecule has 1 aromatic carbocycles. The summed E-state index contributed by atoms with van der Waals surface area (Å²) in [5.41, 5.74) is 0.715. The van der Waals surface area contributed by atoms with E-state index in [-0.39, 0.29) is 10.8 Å². The zero-order valence-electron chi connectivity index (χ0n) is 11.5. The van der Waals surface area contributed by atoms with Crippen LogP contribution in [0.15, 0.2) is 18.2 Å². The number of benzene rings is 1. The van der Waals surface area contributed by atoms with E-state index in [9.17, 15) is 4.39 Å². The highest BCUT2D eigenvalue weighted by atomic mass is 35.5. The molecule has 0 spiro atoms. The Labute approximate surface area is 115 Å². The van der Waals surface area contributed by atoms with Crippen LogP contribution in [0.1, 0.15) is 39.2 Å². The Hall–Kier alpha value is -0.600. The third-order valence-corrected chi connectivity index (χ3v) is 3.65. The maximum atomic E-state index is 13.8. The van der Waals surface area contributed by atoms with Crippen LogP contribution in [0.5, 0.6) is 0 Å². The van der Waals surface area contributed by atoms with Gasteiger partial charge in [0.25, 0.3) is 0 Å². The summed E-state index contributed by atoms with van der Waals surface area (Å²) in [5, 5.41) is 3.73. The number of nitrogens with one attached hydrogen (secondary N) is 1. The van der Waals surface area contributed by atoms with Gasteiger partial charge in [-0.2, -0.15) is 0 Å². The van der Waals surface area contributed by atoms with Gasteiger partial charge in [0.2, 0.25) is 0 Å². The zero-order chi connectivity index (χ0) is 13.5. The fourth-order valence-corrected chi connectivity index (χ4v) is 2.47. The van der Waals surface area contributed by atoms with Gasteiger partial charge in [0, 0.05) is 6.04 Å². The average Bonchev–Trinajstić information content (AvgIpc) is 2.36. The Morgan fingerprint density at radius 2 is 2.06 bits per heavy atom. The van der Waals surface area contributed by atoms with Crippen LogP contribution in [0.4, 0.5) is 4.39 Å². The van der Waals surface area contributed by atoms with Gasteiger partial charge in [0.15, 0.2) is 0 Å². The second-order valence-electron chi connectivity index (χ2n) is 4.86. The van der Waals surface area contributed by atoms with E-state index in [1.807, 2.05) is 12.1 Å². The molecule has 0 bridgehead atoms. The van der Waals surface area contributed by atoms with Crippen molar-refractivity contribution in [3.63, 3.8) is 0 Å². The van der Waals surface area contributed by atoms with Crippen LogP contribution in [0.25, 0.3) is 0 Å². The summed E-state index contributed by atoms with van der Waals surface area (Å²) in [6.07, 6.45) is 2.90. The highest BCUT2D eigenvalue weighted by molar-refractivity contribution is 6.30. The maximum absolute atomic E-state index is 13.8. The molecule has 18 heavy (non-hydrogen) atoms. The fraction of sp³-hybridized carbons (Fsp3) is 0.600. The molecule has 0 amide bonds. The standard InChI is InChI=1S/C15H23ClFN/c1-4-9-18-14(5-2)11(3)10-12-7-6-8-13(16)15(12)17/h6-8,11,14,18H,4-5,9-10H2,1-3H3. The van der Waals surface area contributed by atoms with Crippen molar-refractivity contribution < 1.29 is 4.39 Å². The summed E-state index contributed by atoms with van der Waals surface area (Å²) in [5.74, 6) is 0.130. The van der Waals surface area contributed by atoms with Gasteiger partial charge in [-0.25, -0.2) is 4.39 Å². The zero-order valence-corrected chi connectivity index (χ0v) is 12.2. The van der Waals surface area contributed by atoms with Crippen molar-refractivity contribution in [3.8, 4) is 0 Å². The summed E-state index contributed by atoms with van der Waals surface area (Å²) in [7, 11) is 0. The lowest BCUT2D eigenvalue weighted by Crippen LogP contribution is -2.36. The molecule has 102 valence electrons.